The Morgan fingerprint density at radius 1 is 0.828 bits per heavy atom. The molecule has 2 heteroatoms. The Morgan fingerprint density at radius 3 is 2.17 bits per heavy atom. The maximum Gasteiger partial charge on any atom is 0.0799 e. The second kappa shape index (κ2) is 8.67. The highest BCUT2D eigenvalue weighted by Gasteiger charge is 2.24. The highest BCUT2D eigenvalue weighted by molar-refractivity contribution is 6.89. The first kappa shape index (κ1) is 20.1. The molecule has 29 heavy (non-hydrogen) atoms. The Balaban J connectivity index is 1.77. The predicted octanol–water partition coefficient (Wildman–Crippen LogP) is 7.08. The molecule has 0 radical (unpaired) electrons. The highest BCUT2D eigenvalue weighted by Crippen LogP contribution is 2.32. The molecular weight excluding hydrogens is 366 g/mol. The average molecular weight is 400 g/mol. The average Bonchev–Trinajstić information content (AvgIpc) is 2.74. The summed E-state index contributed by atoms with van der Waals surface area (Å²) in [6.07, 6.45) is 10.4. The van der Waals surface area contributed by atoms with Gasteiger partial charge in [-0.25, -0.2) is 0 Å². The van der Waals surface area contributed by atoms with Crippen molar-refractivity contribution in [2.45, 2.75) is 58.2 Å². The lowest BCUT2D eigenvalue weighted by molar-refractivity contribution is 0.357. The van der Waals surface area contributed by atoms with E-state index in [1.54, 1.807) is 10.8 Å². The van der Waals surface area contributed by atoms with Gasteiger partial charge < -0.3 is 0 Å². The van der Waals surface area contributed by atoms with Gasteiger partial charge in [0, 0.05) is 11.8 Å². The number of rotatable bonds is 5. The van der Waals surface area contributed by atoms with Crippen LogP contribution in [0, 0.1) is 5.92 Å². The van der Waals surface area contributed by atoms with Gasteiger partial charge in [-0.05, 0) is 40.3 Å². The lowest BCUT2D eigenvalue weighted by Gasteiger charge is -2.26. The molecule has 2 aromatic carbocycles. The van der Waals surface area contributed by atoms with Crippen LogP contribution in [0.15, 0.2) is 66.9 Å². The third-order valence-corrected chi connectivity index (χ3v) is 8.39. The number of benzene rings is 2. The predicted molar refractivity (Wildman–Crippen MR) is 128 cm³/mol. The lowest BCUT2D eigenvalue weighted by Crippen LogP contribution is -2.41. The maximum atomic E-state index is 4.99. The zero-order valence-corrected chi connectivity index (χ0v) is 19.1. The number of hydrogen-bond acceptors (Lipinski definition) is 1. The van der Waals surface area contributed by atoms with E-state index < -0.39 is 8.07 Å². The van der Waals surface area contributed by atoms with Gasteiger partial charge in [0.1, 0.15) is 0 Å². The fourth-order valence-corrected chi connectivity index (χ4v) is 6.36. The Labute approximate surface area is 177 Å². The number of hydrogen-bond donors (Lipinski definition) is 0. The SMILES string of the molecule is C[Si](C)(C)c1cnc(-c2ccccc2-c2ccccc2)cc1CC1CCCCC1. The van der Waals surface area contributed by atoms with Gasteiger partial charge in [0.25, 0.3) is 0 Å². The summed E-state index contributed by atoms with van der Waals surface area (Å²) < 4.78 is 0. The minimum atomic E-state index is -1.43. The van der Waals surface area contributed by atoms with Crippen LogP contribution in [0.25, 0.3) is 22.4 Å². The molecule has 3 aromatic rings. The Hall–Kier alpha value is -2.19. The van der Waals surface area contributed by atoms with Crippen LogP contribution in [0.4, 0.5) is 0 Å². The van der Waals surface area contributed by atoms with E-state index in [0.717, 1.165) is 11.6 Å². The van der Waals surface area contributed by atoms with Crippen LogP contribution in [-0.4, -0.2) is 13.1 Å². The zero-order chi connectivity index (χ0) is 20.3. The quantitative estimate of drug-likeness (QED) is 0.418. The number of pyridine rings is 1. The largest absolute Gasteiger partial charge is 0.256 e. The lowest BCUT2D eigenvalue weighted by atomic mass is 9.84. The molecule has 1 aliphatic rings. The molecule has 0 atom stereocenters. The molecule has 1 fully saturated rings. The topological polar surface area (TPSA) is 12.9 Å². The van der Waals surface area contributed by atoms with Crippen molar-refractivity contribution >= 4 is 13.3 Å². The fourth-order valence-electron chi connectivity index (χ4n) is 4.77. The van der Waals surface area contributed by atoms with Gasteiger partial charge in [-0.2, -0.15) is 0 Å². The van der Waals surface area contributed by atoms with Gasteiger partial charge in [-0.15, -0.1) is 0 Å². The summed E-state index contributed by atoms with van der Waals surface area (Å²) in [7, 11) is -1.43. The summed E-state index contributed by atoms with van der Waals surface area (Å²) in [5, 5.41) is 1.55. The van der Waals surface area contributed by atoms with Crippen LogP contribution in [0.2, 0.25) is 19.6 Å². The summed E-state index contributed by atoms with van der Waals surface area (Å²) in [6.45, 7) is 7.35. The van der Waals surface area contributed by atoms with Crippen molar-refractivity contribution in [1.82, 2.24) is 4.98 Å². The van der Waals surface area contributed by atoms with Crippen LogP contribution in [0.3, 0.4) is 0 Å². The molecule has 1 nitrogen and oxygen atoms in total. The molecule has 0 bridgehead atoms. The Kier molecular flexibility index (Phi) is 6.01. The van der Waals surface area contributed by atoms with E-state index in [0.29, 0.717) is 0 Å². The molecule has 1 aromatic heterocycles. The molecule has 0 spiro atoms. The molecule has 0 unspecified atom stereocenters. The smallest absolute Gasteiger partial charge is 0.0799 e. The van der Waals surface area contributed by atoms with Crippen LogP contribution in [0.5, 0.6) is 0 Å². The van der Waals surface area contributed by atoms with E-state index in [4.69, 9.17) is 4.98 Å². The summed E-state index contributed by atoms with van der Waals surface area (Å²) in [5.41, 5.74) is 6.45. The number of nitrogens with zero attached hydrogens (tertiary/aromatic N) is 1. The summed E-state index contributed by atoms with van der Waals surface area (Å²) >= 11 is 0. The van der Waals surface area contributed by atoms with Crippen molar-refractivity contribution in [3.05, 3.63) is 72.4 Å². The third-order valence-electron chi connectivity index (χ3n) is 6.32. The fraction of sp³-hybridized carbons (Fsp3) is 0.370. The molecule has 1 aliphatic carbocycles. The molecule has 150 valence electrons. The minimum Gasteiger partial charge on any atom is -0.256 e. The van der Waals surface area contributed by atoms with Crippen LogP contribution < -0.4 is 5.19 Å². The van der Waals surface area contributed by atoms with E-state index in [1.807, 2.05) is 0 Å². The molecule has 1 heterocycles. The molecule has 0 saturated heterocycles. The highest BCUT2D eigenvalue weighted by atomic mass is 28.3. The monoisotopic (exact) mass is 399 g/mol. The Bertz CT molecular complexity index is 950. The molecule has 1 saturated carbocycles. The zero-order valence-electron chi connectivity index (χ0n) is 18.1. The van der Waals surface area contributed by atoms with Crippen molar-refractivity contribution < 1.29 is 0 Å². The molecule has 0 N–H and O–H groups in total. The van der Waals surface area contributed by atoms with Gasteiger partial charge in [0.05, 0.1) is 13.8 Å². The maximum absolute atomic E-state index is 4.99. The normalized spacial score (nSPS) is 15.4. The van der Waals surface area contributed by atoms with Gasteiger partial charge in [-0.1, -0.05) is 106 Å². The number of aromatic nitrogens is 1. The van der Waals surface area contributed by atoms with Gasteiger partial charge in [0.15, 0.2) is 0 Å². The van der Waals surface area contributed by atoms with E-state index in [9.17, 15) is 0 Å². The molecular formula is C27H33NSi. The van der Waals surface area contributed by atoms with Gasteiger partial charge in [0.2, 0.25) is 0 Å². The summed E-state index contributed by atoms with van der Waals surface area (Å²) in [4.78, 5) is 4.99. The minimum absolute atomic E-state index is 0.846. The van der Waals surface area contributed by atoms with Crippen molar-refractivity contribution in [3.63, 3.8) is 0 Å². The first-order chi connectivity index (χ1) is 14.0. The van der Waals surface area contributed by atoms with Crippen LogP contribution in [-0.2, 0) is 6.42 Å². The third kappa shape index (κ3) is 4.70. The van der Waals surface area contributed by atoms with Crippen molar-refractivity contribution in [1.29, 1.82) is 0 Å². The van der Waals surface area contributed by atoms with E-state index in [1.165, 1.54) is 55.2 Å². The second-order valence-corrected chi connectivity index (χ2v) is 14.6. The van der Waals surface area contributed by atoms with Crippen molar-refractivity contribution in [2.75, 3.05) is 0 Å². The summed E-state index contributed by atoms with van der Waals surface area (Å²) in [5.74, 6) is 0.846. The first-order valence-corrected chi connectivity index (χ1v) is 14.7. The second-order valence-electron chi connectivity index (χ2n) is 9.60. The first-order valence-electron chi connectivity index (χ1n) is 11.2. The molecule has 0 amide bonds. The van der Waals surface area contributed by atoms with Gasteiger partial charge >= 0.3 is 0 Å². The van der Waals surface area contributed by atoms with Crippen molar-refractivity contribution in [2.24, 2.45) is 5.92 Å². The molecule has 4 rings (SSSR count). The standard InChI is InChI=1S/C27H33NSi/c1-29(2,3)27-20-28-26(19-23(27)18-21-12-6-4-7-13-21)25-17-11-10-16-24(25)22-14-8-5-9-15-22/h5,8-11,14-17,19-21H,4,6-7,12-13,18H2,1-3H3. The van der Waals surface area contributed by atoms with E-state index in [2.05, 4.69) is 86.5 Å². The van der Waals surface area contributed by atoms with E-state index >= 15 is 0 Å². The van der Waals surface area contributed by atoms with E-state index in [-0.39, 0.29) is 0 Å². The van der Waals surface area contributed by atoms with Gasteiger partial charge in [-0.3, -0.25) is 4.98 Å². The molecule has 0 aliphatic heterocycles. The summed E-state index contributed by atoms with van der Waals surface area (Å²) in [6, 6.07) is 21.8. The van der Waals surface area contributed by atoms with Crippen LogP contribution in [0.1, 0.15) is 37.7 Å². The van der Waals surface area contributed by atoms with Crippen LogP contribution >= 0.6 is 0 Å². The Morgan fingerprint density at radius 2 is 1.48 bits per heavy atom. The van der Waals surface area contributed by atoms with Crippen molar-refractivity contribution in [3.8, 4) is 22.4 Å².